The number of hydrogen-bond acceptors (Lipinski definition) is 2. The monoisotopic (exact) mass is 260 g/mol. The lowest BCUT2D eigenvalue weighted by molar-refractivity contribution is -0.337. The van der Waals surface area contributed by atoms with Crippen molar-refractivity contribution in [3.63, 3.8) is 0 Å². The molecule has 0 N–H and O–H groups in total. The Balaban J connectivity index is 3.83. The minimum Gasteiger partial charge on any atom is -0.279 e. The Labute approximate surface area is 98.1 Å². The van der Waals surface area contributed by atoms with Gasteiger partial charge in [0.2, 0.25) is 0 Å². The van der Waals surface area contributed by atoms with Gasteiger partial charge in [-0.3, -0.25) is 9.53 Å². The number of carbonyl (C=O) groups excluding carboxylic acids is 1. The van der Waals surface area contributed by atoms with Crippen LogP contribution in [0.2, 0.25) is 0 Å². The number of halogens is 4. The molecule has 0 aromatic heterocycles. The van der Waals surface area contributed by atoms with E-state index in [-0.39, 0.29) is 6.42 Å². The van der Waals surface area contributed by atoms with Crippen molar-refractivity contribution in [2.24, 2.45) is 0 Å². The highest BCUT2D eigenvalue weighted by atomic mass is 35.5. The smallest absolute Gasteiger partial charge is 0.279 e. The van der Waals surface area contributed by atoms with Crippen molar-refractivity contribution < 1.29 is 22.7 Å². The number of unbranched alkanes of at least 4 members (excludes halogenated alkanes) is 4. The molecule has 0 aliphatic heterocycles. The molecule has 6 heteroatoms. The lowest BCUT2D eigenvalue weighted by atomic mass is 10.1. The Bertz CT molecular complexity index is 207. The molecule has 0 aromatic rings. The Hall–Kier alpha value is -0.290. The number of ether oxygens (including phenoxy) is 1. The van der Waals surface area contributed by atoms with Crippen LogP contribution >= 0.6 is 11.6 Å². The van der Waals surface area contributed by atoms with Gasteiger partial charge in [-0.25, -0.2) is 0 Å². The number of rotatable bonds is 8. The summed E-state index contributed by atoms with van der Waals surface area (Å²) in [4.78, 5) is 10.7. The van der Waals surface area contributed by atoms with Gasteiger partial charge >= 0.3 is 6.36 Å². The Morgan fingerprint density at radius 1 is 1.25 bits per heavy atom. The molecule has 0 heterocycles. The molecule has 0 fully saturated rings. The van der Waals surface area contributed by atoms with Crippen LogP contribution in [0.15, 0.2) is 0 Å². The van der Waals surface area contributed by atoms with E-state index in [2.05, 4.69) is 4.74 Å². The number of alkyl halides is 3. The van der Waals surface area contributed by atoms with Gasteiger partial charge in [0.1, 0.15) is 6.10 Å². The molecule has 0 aromatic carbocycles. The first-order valence-corrected chi connectivity index (χ1v) is 5.68. The third-order valence-corrected chi connectivity index (χ3v) is 2.34. The maximum absolute atomic E-state index is 11.9. The van der Waals surface area contributed by atoms with Crippen molar-refractivity contribution in [3.05, 3.63) is 0 Å². The molecule has 1 atom stereocenters. The summed E-state index contributed by atoms with van der Waals surface area (Å²) in [5.74, 6) is 0. The predicted molar refractivity (Wildman–Crippen MR) is 55.2 cm³/mol. The quantitative estimate of drug-likeness (QED) is 0.487. The van der Waals surface area contributed by atoms with Crippen molar-refractivity contribution in [2.75, 3.05) is 0 Å². The van der Waals surface area contributed by atoms with Crippen molar-refractivity contribution in [3.8, 4) is 0 Å². The third kappa shape index (κ3) is 8.97. The molecule has 0 spiro atoms. The zero-order valence-corrected chi connectivity index (χ0v) is 9.90. The van der Waals surface area contributed by atoms with Gasteiger partial charge in [0.15, 0.2) is 0 Å². The minimum absolute atomic E-state index is 0.0194. The minimum atomic E-state index is -4.81. The van der Waals surface area contributed by atoms with Crippen molar-refractivity contribution >= 4 is 16.8 Å². The van der Waals surface area contributed by atoms with Gasteiger partial charge in [-0.2, -0.15) is 0 Å². The van der Waals surface area contributed by atoms with E-state index in [0.29, 0.717) is 6.42 Å². The molecule has 0 aliphatic rings. The van der Waals surface area contributed by atoms with Crippen LogP contribution in [0.4, 0.5) is 13.2 Å². The molecule has 1 unspecified atom stereocenters. The maximum Gasteiger partial charge on any atom is 0.523 e. The van der Waals surface area contributed by atoms with E-state index < -0.39 is 17.7 Å². The SMILES string of the molecule is CCCCCCCC(OC(F)(F)F)C(=O)Cl. The standard InChI is InChI=1S/C10H16ClF3O2/c1-2-3-4-5-6-7-8(9(11)15)16-10(12,13)14/h8H,2-7H2,1H3. The van der Waals surface area contributed by atoms with Gasteiger partial charge in [0.05, 0.1) is 0 Å². The van der Waals surface area contributed by atoms with Crippen LogP contribution in [0.5, 0.6) is 0 Å². The van der Waals surface area contributed by atoms with E-state index in [1.54, 1.807) is 0 Å². The second kappa shape index (κ2) is 7.90. The fraction of sp³-hybridized carbons (Fsp3) is 0.900. The highest BCUT2D eigenvalue weighted by Crippen LogP contribution is 2.22. The molecule has 2 nitrogen and oxygen atoms in total. The van der Waals surface area contributed by atoms with Gasteiger partial charge < -0.3 is 0 Å². The van der Waals surface area contributed by atoms with Gasteiger partial charge in [0.25, 0.3) is 5.24 Å². The van der Waals surface area contributed by atoms with Crippen molar-refractivity contribution in [1.29, 1.82) is 0 Å². The molecular weight excluding hydrogens is 245 g/mol. The summed E-state index contributed by atoms with van der Waals surface area (Å²) in [5, 5.41) is -1.09. The van der Waals surface area contributed by atoms with E-state index in [1.165, 1.54) is 0 Å². The van der Waals surface area contributed by atoms with Crippen LogP contribution in [-0.2, 0) is 9.53 Å². The van der Waals surface area contributed by atoms with Gasteiger partial charge in [-0.15, -0.1) is 13.2 Å². The Morgan fingerprint density at radius 2 is 1.81 bits per heavy atom. The Morgan fingerprint density at radius 3 is 2.25 bits per heavy atom. The highest BCUT2D eigenvalue weighted by Gasteiger charge is 2.35. The number of hydrogen-bond donors (Lipinski definition) is 0. The van der Waals surface area contributed by atoms with Crippen LogP contribution in [0.25, 0.3) is 0 Å². The summed E-state index contributed by atoms with van der Waals surface area (Å²) in [5.41, 5.74) is 0. The largest absolute Gasteiger partial charge is 0.523 e. The summed E-state index contributed by atoms with van der Waals surface area (Å²) >= 11 is 5.03. The number of carbonyl (C=O) groups is 1. The molecule has 0 saturated heterocycles. The molecule has 0 bridgehead atoms. The summed E-state index contributed by atoms with van der Waals surface area (Å²) in [7, 11) is 0. The van der Waals surface area contributed by atoms with Gasteiger partial charge in [0, 0.05) is 0 Å². The van der Waals surface area contributed by atoms with E-state index in [1.807, 2.05) is 6.92 Å². The molecule has 96 valence electrons. The second-order valence-corrected chi connectivity index (χ2v) is 3.93. The van der Waals surface area contributed by atoms with Gasteiger partial charge in [-0.05, 0) is 18.0 Å². The fourth-order valence-electron chi connectivity index (χ4n) is 1.31. The topological polar surface area (TPSA) is 26.3 Å². The molecule has 0 radical (unpaired) electrons. The van der Waals surface area contributed by atoms with E-state index >= 15 is 0 Å². The summed E-state index contributed by atoms with van der Waals surface area (Å²) in [6.07, 6.45) is -2.01. The van der Waals surface area contributed by atoms with E-state index in [4.69, 9.17) is 11.6 Å². The second-order valence-electron chi connectivity index (χ2n) is 3.56. The fourth-order valence-corrected chi connectivity index (χ4v) is 1.47. The average Bonchev–Trinajstić information content (AvgIpc) is 2.13. The lowest BCUT2D eigenvalue weighted by Gasteiger charge is -2.15. The zero-order chi connectivity index (χ0) is 12.6. The Kier molecular flexibility index (Phi) is 7.76. The zero-order valence-electron chi connectivity index (χ0n) is 9.15. The molecule has 0 saturated carbocycles. The van der Waals surface area contributed by atoms with Crippen LogP contribution in [0, 0.1) is 0 Å². The van der Waals surface area contributed by atoms with Crippen LogP contribution in [0.3, 0.4) is 0 Å². The highest BCUT2D eigenvalue weighted by molar-refractivity contribution is 6.64. The average molecular weight is 261 g/mol. The van der Waals surface area contributed by atoms with E-state index in [0.717, 1.165) is 25.7 Å². The first-order valence-electron chi connectivity index (χ1n) is 5.30. The first-order chi connectivity index (χ1) is 7.37. The summed E-state index contributed by atoms with van der Waals surface area (Å²) in [6.45, 7) is 2.04. The van der Waals surface area contributed by atoms with Crippen LogP contribution in [0.1, 0.15) is 45.4 Å². The summed E-state index contributed by atoms with van der Waals surface area (Å²) < 4.78 is 39.2. The predicted octanol–water partition coefficient (Wildman–Crippen LogP) is 4.02. The first kappa shape index (κ1) is 15.7. The van der Waals surface area contributed by atoms with E-state index in [9.17, 15) is 18.0 Å². The van der Waals surface area contributed by atoms with Crippen molar-refractivity contribution in [2.45, 2.75) is 57.9 Å². The summed E-state index contributed by atoms with van der Waals surface area (Å²) in [6, 6.07) is 0. The normalized spacial score (nSPS) is 13.8. The molecule has 0 rings (SSSR count). The molecular formula is C10H16ClF3O2. The molecule has 0 amide bonds. The van der Waals surface area contributed by atoms with Crippen LogP contribution in [-0.4, -0.2) is 17.7 Å². The maximum atomic E-state index is 11.9. The molecule has 16 heavy (non-hydrogen) atoms. The third-order valence-electron chi connectivity index (χ3n) is 2.10. The van der Waals surface area contributed by atoms with Crippen LogP contribution < -0.4 is 0 Å². The molecule has 0 aliphatic carbocycles. The van der Waals surface area contributed by atoms with Gasteiger partial charge in [-0.1, -0.05) is 39.0 Å². The van der Waals surface area contributed by atoms with Crippen molar-refractivity contribution in [1.82, 2.24) is 0 Å². The lowest BCUT2D eigenvalue weighted by Crippen LogP contribution is -2.28.